The molecule has 0 bridgehead atoms. The second kappa shape index (κ2) is 7.58. The number of hydrogen-bond acceptors (Lipinski definition) is 3. The molecular weight excluding hydrogens is 280 g/mol. The Labute approximate surface area is 128 Å². The van der Waals surface area contributed by atoms with E-state index in [-0.39, 0.29) is 11.9 Å². The maximum Gasteiger partial charge on any atom is 0.319 e. The highest BCUT2D eigenvalue weighted by Crippen LogP contribution is 2.14. The lowest BCUT2D eigenvalue weighted by atomic mass is 10.2. The van der Waals surface area contributed by atoms with E-state index in [2.05, 4.69) is 27.5 Å². The van der Waals surface area contributed by atoms with Crippen LogP contribution in [0.4, 0.5) is 16.2 Å². The van der Waals surface area contributed by atoms with E-state index in [1.165, 1.54) is 6.20 Å². The van der Waals surface area contributed by atoms with E-state index in [4.69, 9.17) is 0 Å². The van der Waals surface area contributed by atoms with Crippen LogP contribution in [0, 0.1) is 0 Å². The van der Waals surface area contributed by atoms with Crippen LogP contribution < -0.4 is 16.0 Å². The molecule has 2 aromatic rings. The lowest BCUT2D eigenvalue weighted by Crippen LogP contribution is -2.28. The minimum atomic E-state index is -0.313. The van der Waals surface area contributed by atoms with Gasteiger partial charge in [0.2, 0.25) is 0 Å². The molecule has 1 heterocycles. The number of aromatic nitrogens is 1. The number of pyridine rings is 1. The van der Waals surface area contributed by atoms with Gasteiger partial charge in [0.25, 0.3) is 5.91 Å². The summed E-state index contributed by atoms with van der Waals surface area (Å²) in [5.74, 6) is -0.238. The van der Waals surface area contributed by atoms with Gasteiger partial charge in [0.05, 0.1) is 5.56 Å². The number of nitrogens with zero attached hydrogens (tertiary/aromatic N) is 1. The van der Waals surface area contributed by atoms with E-state index >= 15 is 0 Å². The fourth-order valence-electron chi connectivity index (χ4n) is 1.68. The Bertz CT molecular complexity index is 654. The predicted octanol–water partition coefficient (Wildman–Crippen LogP) is 2.64. The van der Waals surface area contributed by atoms with Crippen molar-refractivity contribution in [3.63, 3.8) is 0 Å². The fourth-order valence-corrected chi connectivity index (χ4v) is 1.68. The summed E-state index contributed by atoms with van der Waals surface area (Å²) in [7, 11) is 0. The molecule has 2 rings (SSSR count). The first-order valence-corrected chi connectivity index (χ1v) is 6.66. The Kier molecular flexibility index (Phi) is 5.25. The van der Waals surface area contributed by atoms with Gasteiger partial charge in [-0.15, -0.1) is 6.58 Å². The van der Waals surface area contributed by atoms with Crippen molar-refractivity contribution in [2.75, 3.05) is 17.2 Å². The number of nitrogens with one attached hydrogen (secondary N) is 3. The summed E-state index contributed by atoms with van der Waals surface area (Å²) in [5, 5.41) is 8.03. The van der Waals surface area contributed by atoms with Gasteiger partial charge in [-0.3, -0.25) is 9.78 Å². The smallest absolute Gasteiger partial charge is 0.319 e. The largest absolute Gasteiger partial charge is 0.334 e. The SMILES string of the molecule is C=CCNC(=O)Nc1ccc(NC(=O)c2cccnc2)cc1. The quantitative estimate of drug-likeness (QED) is 0.742. The first-order valence-electron chi connectivity index (χ1n) is 6.66. The van der Waals surface area contributed by atoms with Gasteiger partial charge in [0.15, 0.2) is 0 Å². The van der Waals surface area contributed by atoms with Gasteiger partial charge in [0.1, 0.15) is 0 Å². The summed E-state index contributed by atoms with van der Waals surface area (Å²) >= 11 is 0. The van der Waals surface area contributed by atoms with Gasteiger partial charge < -0.3 is 16.0 Å². The van der Waals surface area contributed by atoms with Crippen molar-refractivity contribution in [3.8, 4) is 0 Å². The van der Waals surface area contributed by atoms with Gasteiger partial charge >= 0.3 is 6.03 Å². The highest BCUT2D eigenvalue weighted by Gasteiger charge is 2.06. The fraction of sp³-hybridized carbons (Fsp3) is 0.0625. The van der Waals surface area contributed by atoms with Gasteiger partial charge in [-0.25, -0.2) is 4.79 Å². The second-order valence-electron chi connectivity index (χ2n) is 4.40. The first kappa shape index (κ1) is 15.2. The highest BCUT2D eigenvalue weighted by atomic mass is 16.2. The standard InChI is InChI=1S/C16H16N4O2/c1-2-9-18-16(22)20-14-7-5-13(6-8-14)19-15(21)12-4-3-10-17-11-12/h2-8,10-11H,1,9H2,(H,19,21)(H2,18,20,22). The molecule has 0 aliphatic carbocycles. The van der Waals surface area contributed by atoms with Gasteiger partial charge in [-0.1, -0.05) is 6.08 Å². The normalized spacial score (nSPS) is 9.64. The van der Waals surface area contributed by atoms with Crippen LogP contribution in [0.15, 0.2) is 61.4 Å². The van der Waals surface area contributed by atoms with Crippen LogP contribution >= 0.6 is 0 Å². The van der Waals surface area contributed by atoms with Crippen molar-refractivity contribution in [2.24, 2.45) is 0 Å². The van der Waals surface area contributed by atoms with Crippen LogP contribution in [0.2, 0.25) is 0 Å². The van der Waals surface area contributed by atoms with E-state index < -0.39 is 0 Å². The van der Waals surface area contributed by atoms with E-state index in [1.807, 2.05) is 0 Å². The van der Waals surface area contributed by atoms with Crippen molar-refractivity contribution in [1.29, 1.82) is 0 Å². The Morgan fingerprint density at radius 1 is 1.09 bits per heavy atom. The molecule has 1 aromatic heterocycles. The van der Waals surface area contributed by atoms with Crippen molar-refractivity contribution in [3.05, 3.63) is 67.0 Å². The molecule has 6 heteroatoms. The third kappa shape index (κ3) is 4.45. The number of hydrogen-bond donors (Lipinski definition) is 3. The molecule has 0 unspecified atom stereocenters. The van der Waals surface area contributed by atoms with Gasteiger partial charge in [-0.05, 0) is 36.4 Å². The number of rotatable bonds is 5. The zero-order chi connectivity index (χ0) is 15.8. The van der Waals surface area contributed by atoms with Crippen LogP contribution in [0.5, 0.6) is 0 Å². The lowest BCUT2D eigenvalue weighted by Gasteiger charge is -2.08. The highest BCUT2D eigenvalue weighted by molar-refractivity contribution is 6.04. The zero-order valence-electron chi connectivity index (χ0n) is 11.9. The van der Waals surface area contributed by atoms with Gasteiger partial charge in [0, 0.05) is 30.3 Å². The number of anilines is 2. The molecule has 1 aromatic carbocycles. The van der Waals surface area contributed by atoms with E-state index in [0.717, 1.165) is 0 Å². The molecule has 0 aliphatic heterocycles. The van der Waals surface area contributed by atoms with E-state index in [1.54, 1.807) is 48.7 Å². The maximum atomic E-state index is 12.0. The monoisotopic (exact) mass is 296 g/mol. The van der Waals surface area contributed by atoms with Crippen molar-refractivity contribution >= 4 is 23.3 Å². The Hall–Kier alpha value is -3.15. The summed E-state index contributed by atoms with van der Waals surface area (Å²) in [6, 6.07) is 9.88. The average Bonchev–Trinajstić information content (AvgIpc) is 2.55. The lowest BCUT2D eigenvalue weighted by molar-refractivity contribution is 0.102. The van der Waals surface area contributed by atoms with Crippen LogP contribution in [0.25, 0.3) is 0 Å². The molecule has 22 heavy (non-hydrogen) atoms. The third-order valence-corrected chi connectivity index (χ3v) is 2.73. The Balaban J connectivity index is 1.93. The molecule has 0 radical (unpaired) electrons. The third-order valence-electron chi connectivity index (χ3n) is 2.73. The molecule has 0 fully saturated rings. The Morgan fingerprint density at radius 3 is 2.36 bits per heavy atom. The average molecular weight is 296 g/mol. The molecular formula is C16H16N4O2. The number of carbonyl (C=O) groups is 2. The molecule has 0 saturated heterocycles. The van der Waals surface area contributed by atoms with Crippen LogP contribution in [0.1, 0.15) is 10.4 Å². The van der Waals surface area contributed by atoms with Crippen molar-refractivity contribution in [1.82, 2.24) is 10.3 Å². The molecule has 0 atom stereocenters. The molecule has 3 amide bonds. The summed E-state index contributed by atoms with van der Waals surface area (Å²) in [5.41, 5.74) is 1.74. The molecule has 6 nitrogen and oxygen atoms in total. The summed E-state index contributed by atoms with van der Waals surface area (Å²) in [4.78, 5) is 27.3. The van der Waals surface area contributed by atoms with E-state index in [0.29, 0.717) is 23.5 Å². The van der Waals surface area contributed by atoms with Crippen molar-refractivity contribution < 1.29 is 9.59 Å². The molecule has 0 aliphatic rings. The number of urea groups is 1. The zero-order valence-corrected chi connectivity index (χ0v) is 11.9. The maximum absolute atomic E-state index is 12.0. The summed E-state index contributed by atoms with van der Waals surface area (Å²) < 4.78 is 0. The van der Waals surface area contributed by atoms with Crippen LogP contribution in [-0.4, -0.2) is 23.5 Å². The molecule has 0 spiro atoms. The topological polar surface area (TPSA) is 83.1 Å². The van der Waals surface area contributed by atoms with Crippen LogP contribution in [-0.2, 0) is 0 Å². The predicted molar refractivity (Wildman–Crippen MR) is 85.9 cm³/mol. The van der Waals surface area contributed by atoms with Gasteiger partial charge in [-0.2, -0.15) is 0 Å². The molecule has 0 saturated carbocycles. The second-order valence-corrected chi connectivity index (χ2v) is 4.40. The van der Waals surface area contributed by atoms with E-state index in [9.17, 15) is 9.59 Å². The number of carbonyl (C=O) groups excluding carboxylic acids is 2. The summed E-state index contributed by atoms with van der Waals surface area (Å²) in [6.07, 6.45) is 4.69. The minimum Gasteiger partial charge on any atom is -0.334 e. The number of benzene rings is 1. The molecule has 3 N–H and O–H groups in total. The van der Waals surface area contributed by atoms with Crippen LogP contribution in [0.3, 0.4) is 0 Å². The Morgan fingerprint density at radius 2 is 1.77 bits per heavy atom. The molecule has 112 valence electrons. The van der Waals surface area contributed by atoms with Crippen molar-refractivity contribution in [2.45, 2.75) is 0 Å². The minimum absolute atomic E-state index is 0.238. The summed E-state index contributed by atoms with van der Waals surface area (Å²) in [6.45, 7) is 3.91. The first-order chi connectivity index (χ1) is 10.7. The number of amides is 3.